The second kappa shape index (κ2) is 6.18. The molecule has 0 saturated carbocycles. The number of aliphatic hydroxyl groups is 1. The molecule has 2 rings (SSSR count). The molecule has 1 heterocycles. The number of benzene rings is 1. The lowest BCUT2D eigenvalue weighted by Gasteiger charge is -2.12. The van der Waals surface area contributed by atoms with E-state index in [1.807, 2.05) is 47.8 Å². The normalized spacial score (nSPS) is 11.8. The summed E-state index contributed by atoms with van der Waals surface area (Å²) in [5.41, 5.74) is 0.786. The van der Waals surface area contributed by atoms with Crippen LogP contribution in [0.5, 0.6) is 0 Å². The van der Waals surface area contributed by atoms with Crippen molar-refractivity contribution in [2.45, 2.75) is 6.10 Å². The highest BCUT2D eigenvalue weighted by Crippen LogP contribution is 2.15. The van der Waals surface area contributed by atoms with Crippen LogP contribution in [0.1, 0.15) is 11.7 Å². The fraction of sp³-hybridized carbons (Fsp3) is 0.154. The van der Waals surface area contributed by atoms with Gasteiger partial charge in [0.2, 0.25) is 0 Å². The van der Waals surface area contributed by atoms with Crippen LogP contribution in [0, 0.1) is 0 Å². The molecule has 0 aliphatic carbocycles. The van der Waals surface area contributed by atoms with Crippen LogP contribution in [0.3, 0.4) is 0 Å². The highest BCUT2D eigenvalue weighted by Gasteiger charge is 2.08. The maximum Gasteiger partial charge on any atom is 0.319 e. The van der Waals surface area contributed by atoms with E-state index in [0.717, 1.165) is 10.6 Å². The Kier molecular flexibility index (Phi) is 4.33. The van der Waals surface area contributed by atoms with Crippen LogP contribution < -0.4 is 10.6 Å². The second-order valence-corrected chi connectivity index (χ2v) is 4.69. The van der Waals surface area contributed by atoms with Gasteiger partial charge in [0, 0.05) is 6.54 Å². The Balaban J connectivity index is 1.79. The summed E-state index contributed by atoms with van der Waals surface area (Å²) in [5.74, 6) is 0. The lowest BCUT2D eigenvalue weighted by Crippen LogP contribution is -2.32. The van der Waals surface area contributed by atoms with Crippen molar-refractivity contribution in [3.05, 3.63) is 53.4 Å². The minimum Gasteiger partial charge on any atom is -0.387 e. The molecule has 4 nitrogen and oxygen atoms in total. The monoisotopic (exact) mass is 262 g/mol. The van der Waals surface area contributed by atoms with Crippen molar-refractivity contribution in [1.82, 2.24) is 5.32 Å². The van der Waals surface area contributed by atoms with Crippen molar-refractivity contribution in [1.29, 1.82) is 0 Å². The molecule has 3 N–H and O–H groups in total. The lowest BCUT2D eigenvalue weighted by atomic mass is 10.1. The smallest absolute Gasteiger partial charge is 0.319 e. The number of urea groups is 1. The zero-order valence-electron chi connectivity index (χ0n) is 9.67. The molecule has 94 valence electrons. The number of nitrogens with one attached hydrogen (secondary N) is 2. The first-order valence-electron chi connectivity index (χ1n) is 5.57. The van der Waals surface area contributed by atoms with Gasteiger partial charge in [0.25, 0.3) is 0 Å². The Morgan fingerprint density at radius 3 is 2.67 bits per heavy atom. The molecule has 1 atom stereocenters. The van der Waals surface area contributed by atoms with Gasteiger partial charge in [0.05, 0.1) is 11.1 Å². The summed E-state index contributed by atoms with van der Waals surface area (Å²) < 4.78 is 0. The summed E-state index contributed by atoms with van der Waals surface area (Å²) in [5, 5.41) is 17.8. The molecule has 0 bridgehead atoms. The van der Waals surface area contributed by atoms with Gasteiger partial charge in [0.1, 0.15) is 0 Å². The van der Waals surface area contributed by atoms with Crippen molar-refractivity contribution in [2.75, 3.05) is 11.9 Å². The van der Waals surface area contributed by atoms with Gasteiger partial charge < -0.3 is 10.4 Å². The first-order valence-corrected chi connectivity index (χ1v) is 6.45. The van der Waals surface area contributed by atoms with Crippen LogP contribution in [0.4, 0.5) is 9.80 Å². The van der Waals surface area contributed by atoms with Crippen LogP contribution >= 0.6 is 11.3 Å². The van der Waals surface area contributed by atoms with Gasteiger partial charge in [-0.3, -0.25) is 5.32 Å². The number of anilines is 1. The van der Waals surface area contributed by atoms with E-state index in [4.69, 9.17) is 0 Å². The minimum absolute atomic E-state index is 0.182. The summed E-state index contributed by atoms with van der Waals surface area (Å²) in [6, 6.07) is 12.6. The zero-order valence-corrected chi connectivity index (χ0v) is 10.5. The molecule has 2 aromatic rings. The van der Waals surface area contributed by atoms with E-state index in [-0.39, 0.29) is 12.6 Å². The highest BCUT2D eigenvalue weighted by atomic mass is 32.1. The molecule has 0 fully saturated rings. The van der Waals surface area contributed by atoms with Gasteiger partial charge >= 0.3 is 6.03 Å². The van der Waals surface area contributed by atoms with E-state index in [1.54, 1.807) is 0 Å². The van der Waals surface area contributed by atoms with Crippen molar-refractivity contribution in [2.24, 2.45) is 0 Å². The Labute approximate surface area is 109 Å². The average Bonchev–Trinajstić information content (AvgIpc) is 2.90. The van der Waals surface area contributed by atoms with Crippen molar-refractivity contribution < 1.29 is 9.90 Å². The van der Waals surface area contributed by atoms with E-state index < -0.39 is 6.10 Å². The first-order chi connectivity index (χ1) is 8.75. The van der Waals surface area contributed by atoms with Crippen molar-refractivity contribution in [3.8, 4) is 0 Å². The topological polar surface area (TPSA) is 61.4 Å². The Morgan fingerprint density at radius 2 is 2.00 bits per heavy atom. The standard InChI is InChI=1S/C13H14N2O2S/c16-11(10-5-2-1-3-6-10)9-14-13(17)15-12-7-4-8-18-12/h1-8,11,16H,9H2,(H2,14,15,17)/t11-/m0/s1. The molecule has 0 unspecified atom stereocenters. The molecular weight excluding hydrogens is 248 g/mol. The number of thiophene rings is 1. The minimum atomic E-state index is -0.694. The van der Waals surface area contributed by atoms with E-state index in [1.165, 1.54) is 11.3 Å². The van der Waals surface area contributed by atoms with Crippen LogP contribution in [-0.2, 0) is 0 Å². The predicted octanol–water partition coefficient (Wildman–Crippen LogP) is 2.60. The largest absolute Gasteiger partial charge is 0.387 e. The average molecular weight is 262 g/mol. The predicted molar refractivity (Wildman–Crippen MR) is 72.7 cm³/mol. The molecule has 1 aromatic heterocycles. The van der Waals surface area contributed by atoms with Gasteiger partial charge in [-0.05, 0) is 23.1 Å². The van der Waals surface area contributed by atoms with Crippen molar-refractivity contribution >= 4 is 22.4 Å². The molecule has 0 aliphatic heterocycles. The number of amides is 2. The number of aliphatic hydroxyl groups excluding tert-OH is 1. The third-order valence-corrected chi connectivity index (χ3v) is 3.18. The Morgan fingerprint density at radius 1 is 1.22 bits per heavy atom. The number of carbonyl (C=O) groups is 1. The fourth-order valence-corrected chi connectivity index (χ4v) is 2.10. The molecular formula is C13H14N2O2S. The zero-order chi connectivity index (χ0) is 12.8. The third kappa shape index (κ3) is 3.58. The molecule has 2 amide bonds. The molecule has 1 aromatic carbocycles. The Bertz CT molecular complexity index is 485. The van der Waals surface area contributed by atoms with E-state index >= 15 is 0 Å². The first kappa shape index (κ1) is 12.6. The highest BCUT2D eigenvalue weighted by molar-refractivity contribution is 7.14. The van der Waals surface area contributed by atoms with E-state index in [0.29, 0.717) is 0 Å². The number of hydrogen-bond acceptors (Lipinski definition) is 3. The number of rotatable bonds is 4. The molecule has 5 heteroatoms. The van der Waals surface area contributed by atoms with Gasteiger partial charge in [0.15, 0.2) is 0 Å². The third-order valence-electron chi connectivity index (χ3n) is 2.40. The summed E-state index contributed by atoms with van der Waals surface area (Å²) in [6.07, 6.45) is -0.694. The van der Waals surface area contributed by atoms with Gasteiger partial charge in [-0.15, -0.1) is 11.3 Å². The Hall–Kier alpha value is -1.85. The summed E-state index contributed by atoms with van der Waals surface area (Å²) in [7, 11) is 0. The van der Waals surface area contributed by atoms with Gasteiger partial charge in [-0.25, -0.2) is 4.79 Å². The summed E-state index contributed by atoms with van der Waals surface area (Å²) >= 11 is 1.45. The lowest BCUT2D eigenvalue weighted by molar-refractivity contribution is 0.175. The molecule has 0 saturated heterocycles. The maximum atomic E-state index is 11.5. The van der Waals surface area contributed by atoms with E-state index in [2.05, 4.69) is 10.6 Å². The van der Waals surface area contributed by atoms with Crippen molar-refractivity contribution in [3.63, 3.8) is 0 Å². The number of carbonyl (C=O) groups excluding carboxylic acids is 1. The number of hydrogen-bond donors (Lipinski definition) is 3. The van der Waals surface area contributed by atoms with Gasteiger partial charge in [-0.1, -0.05) is 30.3 Å². The van der Waals surface area contributed by atoms with E-state index in [9.17, 15) is 9.90 Å². The second-order valence-electron chi connectivity index (χ2n) is 3.74. The SMILES string of the molecule is O=C(NC[C@H](O)c1ccccc1)Nc1cccs1. The maximum absolute atomic E-state index is 11.5. The van der Waals surface area contributed by atoms with Crippen LogP contribution in [-0.4, -0.2) is 17.7 Å². The molecule has 18 heavy (non-hydrogen) atoms. The summed E-state index contributed by atoms with van der Waals surface area (Å²) in [6.45, 7) is 0.182. The van der Waals surface area contributed by atoms with Crippen LogP contribution in [0.15, 0.2) is 47.8 Å². The summed E-state index contributed by atoms with van der Waals surface area (Å²) in [4.78, 5) is 11.5. The van der Waals surface area contributed by atoms with Crippen LogP contribution in [0.25, 0.3) is 0 Å². The van der Waals surface area contributed by atoms with Crippen LogP contribution in [0.2, 0.25) is 0 Å². The molecule has 0 aliphatic rings. The van der Waals surface area contributed by atoms with Gasteiger partial charge in [-0.2, -0.15) is 0 Å². The quantitative estimate of drug-likeness (QED) is 0.793. The molecule has 0 spiro atoms. The molecule has 0 radical (unpaired) electrons. The fourth-order valence-electron chi connectivity index (χ4n) is 1.49.